The maximum absolute atomic E-state index is 12.1. The Bertz CT molecular complexity index is 674. The molecule has 21 heavy (non-hydrogen) atoms. The van der Waals surface area contributed by atoms with Crippen LogP contribution < -0.4 is 10.1 Å². The van der Waals surface area contributed by atoms with Crippen molar-refractivity contribution >= 4 is 17.6 Å². The van der Waals surface area contributed by atoms with Gasteiger partial charge in [0.25, 0.3) is 5.91 Å². The number of carbonyl (C=O) groups excluding carboxylic acids is 1. The number of ether oxygens (including phenoxy) is 1. The van der Waals surface area contributed by atoms with Gasteiger partial charge >= 0.3 is 5.97 Å². The van der Waals surface area contributed by atoms with E-state index >= 15 is 0 Å². The number of carbonyl (C=O) groups is 2. The van der Waals surface area contributed by atoms with E-state index in [2.05, 4.69) is 5.32 Å². The topological polar surface area (TPSA) is 88.8 Å². The molecule has 1 aromatic heterocycles. The van der Waals surface area contributed by atoms with Crippen molar-refractivity contribution in [1.29, 1.82) is 0 Å². The second-order valence-electron chi connectivity index (χ2n) is 4.29. The van der Waals surface area contributed by atoms with Gasteiger partial charge in [-0.25, -0.2) is 4.79 Å². The lowest BCUT2D eigenvalue weighted by molar-refractivity contribution is 0.0698. The van der Waals surface area contributed by atoms with Crippen LogP contribution in [0.2, 0.25) is 0 Å². The van der Waals surface area contributed by atoms with Crippen LogP contribution in [0.5, 0.6) is 5.75 Å². The van der Waals surface area contributed by atoms with Crippen LogP contribution in [0, 0.1) is 0 Å². The Morgan fingerprint density at radius 3 is 2.62 bits per heavy atom. The highest BCUT2D eigenvalue weighted by Crippen LogP contribution is 2.23. The van der Waals surface area contributed by atoms with E-state index in [1.54, 1.807) is 12.1 Å². The molecule has 0 spiro atoms. The van der Waals surface area contributed by atoms with E-state index in [1.807, 2.05) is 6.92 Å². The normalized spacial score (nSPS) is 10.2. The van der Waals surface area contributed by atoms with Crippen molar-refractivity contribution in [2.75, 3.05) is 12.4 Å². The van der Waals surface area contributed by atoms with Gasteiger partial charge in [0.05, 0.1) is 18.4 Å². The number of carboxylic acids is 1. The average molecular weight is 289 g/mol. The minimum Gasteiger partial charge on any atom is -0.497 e. The highest BCUT2D eigenvalue weighted by atomic mass is 16.5. The van der Waals surface area contributed by atoms with Crippen LogP contribution in [0.4, 0.5) is 5.69 Å². The van der Waals surface area contributed by atoms with Crippen molar-refractivity contribution in [1.82, 2.24) is 0 Å². The minimum absolute atomic E-state index is 0.0218. The van der Waals surface area contributed by atoms with Gasteiger partial charge in [0.1, 0.15) is 11.5 Å². The Morgan fingerprint density at radius 1 is 1.29 bits per heavy atom. The molecule has 110 valence electrons. The maximum Gasteiger partial charge on any atom is 0.337 e. The maximum atomic E-state index is 12.1. The number of amides is 1. The van der Waals surface area contributed by atoms with Crippen LogP contribution in [0.15, 0.2) is 34.7 Å². The first-order valence-corrected chi connectivity index (χ1v) is 6.36. The number of rotatable bonds is 5. The fourth-order valence-corrected chi connectivity index (χ4v) is 1.81. The molecule has 0 radical (unpaired) electrons. The lowest BCUT2D eigenvalue weighted by atomic mass is 10.1. The predicted octanol–water partition coefficient (Wildman–Crippen LogP) is 2.80. The monoisotopic (exact) mass is 289 g/mol. The van der Waals surface area contributed by atoms with Crippen molar-refractivity contribution in [2.45, 2.75) is 13.3 Å². The summed E-state index contributed by atoms with van der Waals surface area (Å²) in [4.78, 5) is 23.3. The van der Waals surface area contributed by atoms with Gasteiger partial charge < -0.3 is 19.6 Å². The predicted molar refractivity (Wildman–Crippen MR) is 76.0 cm³/mol. The SMILES string of the molecule is CCc1ccc(C(=O)Nc2cc(OC)ccc2C(=O)O)o1. The molecular weight excluding hydrogens is 274 g/mol. The van der Waals surface area contributed by atoms with Crippen molar-refractivity contribution in [3.63, 3.8) is 0 Å². The summed E-state index contributed by atoms with van der Waals surface area (Å²) in [5, 5.41) is 11.7. The van der Waals surface area contributed by atoms with Gasteiger partial charge in [-0.2, -0.15) is 0 Å². The van der Waals surface area contributed by atoms with Gasteiger partial charge in [-0.15, -0.1) is 0 Å². The molecule has 1 aromatic carbocycles. The number of anilines is 1. The second-order valence-corrected chi connectivity index (χ2v) is 4.29. The first-order chi connectivity index (χ1) is 10.0. The molecule has 0 fully saturated rings. The van der Waals surface area contributed by atoms with Gasteiger partial charge in [0.15, 0.2) is 5.76 Å². The average Bonchev–Trinajstić information content (AvgIpc) is 2.95. The largest absolute Gasteiger partial charge is 0.497 e. The molecule has 0 aliphatic heterocycles. The standard InChI is InChI=1S/C15H15NO5/c1-3-9-5-7-13(21-9)14(17)16-12-8-10(20-2)4-6-11(12)15(18)19/h4-8H,3H2,1-2H3,(H,16,17)(H,18,19). The van der Waals surface area contributed by atoms with Crippen molar-refractivity contribution in [3.05, 3.63) is 47.4 Å². The zero-order valence-corrected chi connectivity index (χ0v) is 11.7. The molecule has 0 saturated heterocycles. The minimum atomic E-state index is -1.14. The molecule has 1 amide bonds. The van der Waals surface area contributed by atoms with E-state index in [0.717, 1.165) is 0 Å². The molecule has 0 aliphatic rings. The van der Waals surface area contributed by atoms with Crippen LogP contribution in [0.3, 0.4) is 0 Å². The summed E-state index contributed by atoms with van der Waals surface area (Å²) in [5.41, 5.74) is 0.132. The van der Waals surface area contributed by atoms with E-state index in [1.165, 1.54) is 25.3 Å². The molecule has 0 bridgehead atoms. The second kappa shape index (κ2) is 6.13. The Hall–Kier alpha value is -2.76. The van der Waals surface area contributed by atoms with Crippen LogP contribution in [0.1, 0.15) is 33.6 Å². The highest BCUT2D eigenvalue weighted by Gasteiger charge is 2.16. The summed E-state index contributed by atoms with van der Waals surface area (Å²) in [5.74, 6) is -0.383. The third-order valence-electron chi connectivity index (χ3n) is 2.94. The van der Waals surface area contributed by atoms with Gasteiger partial charge in [-0.1, -0.05) is 6.92 Å². The zero-order chi connectivity index (χ0) is 15.4. The van der Waals surface area contributed by atoms with Crippen molar-refractivity contribution in [3.8, 4) is 5.75 Å². The smallest absolute Gasteiger partial charge is 0.337 e. The highest BCUT2D eigenvalue weighted by molar-refractivity contribution is 6.06. The summed E-state index contributed by atoms with van der Waals surface area (Å²) in [6, 6.07) is 7.59. The lowest BCUT2D eigenvalue weighted by Gasteiger charge is -2.09. The first-order valence-electron chi connectivity index (χ1n) is 6.36. The molecule has 0 atom stereocenters. The third-order valence-corrected chi connectivity index (χ3v) is 2.94. The van der Waals surface area contributed by atoms with Crippen LogP contribution >= 0.6 is 0 Å². The zero-order valence-electron chi connectivity index (χ0n) is 11.7. The van der Waals surface area contributed by atoms with Gasteiger partial charge in [-0.3, -0.25) is 4.79 Å². The van der Waals surface area contributed by atoms with E-state index < -0.39 is 11.9 Å². The van der Waals surface area contributed by atoms with Gasteiger partial charge in [0, 0.05) is 12.5 Å². The molecule has 6 nitrogen and oxygen atoms in total. The Morgan fingerprint density at radius 2 is 2.05 bits per heavy atom. The molecule has 0 unspecified atom stereocenters. The number of nitrogens with one attached hydrogen (secondary N) is 1. The molecule has 0 saturated carbocycles. The van der Waals surface area contributed by atoms with Crippen molar-refractivity contribution in [2.24, 2.45) is 0 Å². The van der Waals surface area contributed by atoms with Crippen LogP contribution in [-0.4, -0.2) is 24.1 Å². The Kier molecular flexibility index (Phi) is 4.27. The number of methoxy groups -OCH3 is 1. The molecule has 2 N–H and O–H groups in total. The van der Waals surface area contributed by atoms with Gasteiger partial charge in [0.2, 0.25) is 0 Å². The lowest BCUT2D eigenvalue weighted by Crippen LogP contribution is -2.14. The van der Waals surface area contributed by atoms with E-state index in [4.69, 9.17) is 14.3 Å². The van der Waals surface area contributed by atoms with Crippen LogP contribution in [0.25, 0.3) is 0 Å². The molecular formula is C15H15NO5. The van der Waals surface area contributed by atoms with Crippen LogP contribution in [-0.2, 0) is 6.42 Å². The van der Waals surface area contributed by atoms with Crippen molar-refractivity contribution < 1.29 is 23.8 Å². The summed E-state index contributed by atoms with van der Waals surface area (Å²) in [6.45, 7) is 1.91. The number of carboxylic acid groups (broad SMARTS) is 1. The quantitative estimate of drug-likeness (QED) is 0.883. The summed E-state index contributed by atoms with van der Waals surface area (Å²) >= 11 is 0. The number of furan rings is 1. The summed E-state index contributed by atoms with van der Waals surface area (Å²) < 4.78 is 10.4. The third kappa shape index (κ3) is 3.22. The first kappa shape index (κ1) is 14.6. The summed E-state index contributed by atoms with van der Waals surface area (Å²) in [6.07, 6.45) is 0.673. The van der Waals surface area contributed by atoms with Gasteiger partial charge in [-0.05, 0) is 24.3 Å². The Balaban J connectivity index is 2.28. The van der Waals surface area contributed by atoms with E-state index in [0.29, 0.717) is 17.9 Å². The van der Waals surface area contributed by atoms with E-state index in [-0.39, 0.29) is 17.0 Å². The number of hydrogen-bond donors (Lipinski definition) is 2. The fourth-order valence-electron chi connectivity index (χ4n) is 1.81. The fraction of sp³-hybridized carbons (Fsp3) is 0.200. The number of hydrogen-bond acceptors (Lipinski definition) is 4. The number of aryl methyl sites for hydroxylation is 1. The molecule has 2 rings (SSSR count). The molecule has 2 aromatic rings. The summed E-state index contributed by atoms with van der Waals surface area (Å²) in [7, 11) is 1.46. The molecule has 0 aliphatic carbocycles. The Labute approximate surface area is 121 Å². The number of benzene rings is 1. The number of aromatic carboxylic acids is 1. The molecule has 1 heterocycles. The molecule has 6 heteroatoms. The van der Waals surface area contributed by atoms with E-state index in [9.17, 15) is 9.59 Å².